The smallest absolute Gasteiger partial charge is 0.221 e. The molecule has 0 spiro atoms. The van der Waals surface area contributed by atoms with E-state index in [1.807, 2.05) is 11.8 Å². The van der Waals surface area contributed by atoms with Gasteiger partial charge in [0.05, 0.1) is 25.9 Å². The topological polar surface area (TPSA) is 59.6 Å². The Morgan fingerprint density at radius 3 is 3.00 bits per heavy atom. The Morgan fingerprint density at radius 2 is 2.33 bits per heavy atom. The molecule has 18 heavy (non-hydrogen) atoms. The maximum atomic E-state index is 11.7. The van der Waals surface area contributed by atoms with Gasteiger partial charge in [-0.1, -0.05) is 0 Å². The maximum absolute atomic E-state index is 11.7. The summed E-state index contributed by atoms with van der Waals surface area (Å²) in [4.78, 5) is 11.7. The Morgan fingerprint density at radius 1 is 1.44 bits per heavy atom. The van der Waals surface area contributed by atoms with E-state index in [4.69, 9.17) is 9.47 Å². The lowest BCUT2D eigenvalue weighted by Crippen LogP contribution is -2.44. The number of amides is 1. The normalized spacial score (nSPS) is 28.2. The summed E-state index contributed by atoms with van der Waals surface area (Å²) in [5.74, 6) is 2.26. The number of hydrogen-bond acceptors (Lipinski definition) is 5. The summed E-state index contributed by atoms with van der Waals surface area (Å²) in [5, 5.41) is 6.26. The third-order valence-corrected chi connectivity index (χ3v) is 3.97. The van der Waals surface area contributed by atoms with Crippen LogP contribution in [-0.4, -0.2) is 62.5 Å². The fourth-order valence-electron chi connectivity index (χ4n) is 1.93. The average Bonchev–Trinajstić information content (AvgIpc) is 2.39. The number of rotatable bonds is 4. The van der Waals surface area contributed by atoms with E-state index in [0.29, 0.717) is 38.8 Å². The summed E-state index contributed by atoms with van der Waals surface area (Å²) < 4.78 is 10.7. The Hall–Kier alpha value is -0.0100. The minimum atomic E-state index is 0. The number of thioether (sulfide) groups is 1. The molecule has 0 aliphatic carbocycles. The molecule has 0 saturated carbocycles. The highest BCUT2D eigenvalue weighted by Gasteiger charge is 2.18. The first kappa shape index (κ1) is 16.0. The van der Waals surface area contributed by atoms with Gasteiger partial charge in [-0.2, -0.15) is 11.8 Å². The molecule has 2 atom stereocenters. The third-order valence-electron chi connectivity index (χ3n) is 2.84. The van der Waals surface area contributed by atoms with Crippen molar-refractivity contribution in [1.29, 1.82) is 0 Å². The van der Waals surface area contributed by atoms with Crippen LogP contribution in [0.2, 0.25) is 0 Å². The largest absolute Gasteiger partial charge is 0.376 e. The first-order chi connectivity index (χ1) is 8.34. The van der Waals surface area contributed by atoms with Crippen LogP contribution in [0, 0.1) is 0 Å². The van der Waals surface area contributed by atoms with E-state index < -0.39 is 0 Å². The van der Waals surface area contributed by atoms with E-state index in [9.17, 15) is 4.79 Å². The van der Waals surface area contributed by atoms with Gasteiger partial charge in [-0.05, 0) is 0 Å². The minimum absolute atomic E-state index is 0. The number of halogens is 1. The molecule has 2 fully saturated rings. The average molecular weight is 297 g/mol. The van der Waals surface area contributed by atoms with E-state index in [1.165, 1.54) is 0 Å². The predicted octanol–water partition coefficient (Wildman–Crippen LogP) is 0.0349. The van der Waals surface area contributed by atoms with Gasteiger partial charge in [-0.3, -0.25) is 4.79 Å². The lowest BCUT2D eigenvalue weighted by molar-refractivity contribution is -0.124. The van der Waals surface area contributed by atoms with Crippen molar-refractivity contribution in [3.8, 4) is 0 Å². The lowest BCUT2D eigenvalue weighted by atomic mass is 10.2. The second-order valence-corrected chi connectivity index (χ2v) is 5.45. The van der Waals surface area contributed by atoms with Crippen LogP contribution in [0.5, 0.6) is 0 Å². The summed E-state index contributed by atoms with van der Waals surface area (Å²) >= 11 is 1.90. The van der Waals surface area contributed by atoms with Crippen LogP contribution >= 0.6 is 24.2 Å². The Labute approximate surface area is 118 Å². The molecule has 0 aromatic rings. The zero-order valence-corrected chi connectivity index (χ0v) is 12.0. The lowest BCUT2D eigenvalue weighted by Gasteiger charge is -2.25. The van der Waals surface area contributed by atoms with Crippen molar-refractivity contribution in [1.82, 2.24) is 10.6 Å². The molecule has 2 saturated heterocycles. The fourth-order valence-corrected chi connectivity index (χ4v) is 2.88. The van der Waals surface area contributed by atoms with Crippen molar-refractivity contribution in [2.75, 3.05) is 44.4 Å². The number of nitrogens with one attached hydrogen (secondary N) is 2. The van der Waals surface area contributed by atoms with Gasteiger partial charge in [-0.15, -0.1) is 12.4 Å². The number of carbonyl (C=O) groups is 1. The molecule has 0 bridgehead atoms. The molecule has 0 radical (unpaired) electrons. The van der Waals surface area contributed by atoms with E-state index in [1.54, 1.807) is 0 Å². The Kier molecular flexibility index (Phi) is 8.01. The van der Waals surface area contributed by atoms with Gasteiger partial charge in [0.2, 0.25) is 5.91 Å². The second-order valence-electron chi connectivity index (χ2n) is 4.30. The molecule has 106 valence electrons. The molecule has 2 aliphatic heterocycles. The summed E-state index contributed by atoms with van der Waals surface area (Å²) in [6.07, 6.45) is 0.571. The highest BCUT2D eigenvalue weighted by Crippen LogP contribution is 2.10. The van der Waals surface area contributed by atoms with E-state index in [0.717, 1.165) is 18.1 Å². The fraction of sp³-hybridized carbons (Fsp3) is 0.909. The number of ether oxygens (including phenoxy) is 2. The maximum Gasteiger partial charge on any atom is 0.221 e. The van der Waals surface area contributed by atoms with E-state index in [-0.39, 0.29) is 24.4 Å². The first-order valence-electron chi connectivity index (χ1n) is 6.12. The van der Waals surface area contributed by atoms with Crippen LogP contribution in [0.4, 0.5) is 0 Å². The van der Waals surface area contributed by atoms with Gasteiger partial charge < -0.3 is 20.1 Å². The van der Waals surface area contributed by atoms with Crippen molar-refractivity contribution >= 4 is 30.1 Å². The Balaban J connectivity index is 0.00000162. The molecular formula is C11H21ClN2O3S. The zero-order chi connectivity index (χ0) is 11.9. The molecular weight excluding hydrogens is 276 g/mol. The van der Waals surface area contributed by atoms with Gasteiger partial charge in [0.25, 0.3) is 0 Å². The van der Waals surface area contributed by atoms with Gasteiger partial charge >= 0.3 is 0 Å². The van der Waals surface area contributed by atoms with Crippen molar-refractivity contribution < 1.29 is 14.3 Å². The van der Waals surface area contributed by atoms with E-state index in [2.05, 4.69) is 10.6 Å². The van der Waals surface area contributed by atoms with Crippen LogP contribution in [0.1, 0.15) is 6.42 Å². The summed E-state index contributed by atoms with van der Waals surface area (Å²) in [6.45, 7) is 3.42. The zero-order valence-electron chi connectivity index (χ0n) is 10.4. The molecule has 0 aromatic carbocycles. The van der Waals surface area contributed by atoms with Gasteiger partial charge in [0, 0.05) is 37.1 Å². The first-order valence-corrected chi connectivity index (χ1v) is 7.27. The number of hydrogen-bond donors (Lipinski definition) is 2. The van der Waals surface area contributed by atoms with Crippen LogP contribution in [0.15, 0.2) is 0 Å². The van der Waals surface area contributed by atoms with Crippen molar-refractivity contribution in [3.63, 3.8) is 0 Å². The van der Waals surface area contributed by atoms with Gasteiger partial charge in [0.1, 0.15) is 0 Å². The summed E-state index contributed by atoms with van der Waals surface area (Å²) in [5.41, 5.74) is 0. The quantitative estimate of drug-likeness (QED) is 0.767. The third kappa shape index (κ3) is 5.75. The SMILES string of the molecule is Cl.O=C(CC1CSCCN1)NCC1COCCO1. The van der Waals surface area contributed by atoms with Gasteiger partial charge in [-0.25, -0.2) is 0 Å². The van der Waals surface area contributed by atoms with Crippen molar-refractivity contribution in [3.05, 3.63) is 0 Å². The van der Waals surface area contributed by atoms with Crippen LogP contribution < -0.4 is 10.6 Å². The minimum Gasteiger partial charge on any atom is -0.376 e. The predicted molar refractivity (Wildman–Crippen MR) is 74.5 cm³/mol. The molecule has 2 unspecified atom stereocenters. The van der Waals surface area contributed by atoms with E-state index >= 15 is 0 Å². The molecule has 2 rings (SSSR count). The highest BCUT2D eigenvalue weighted by molar-refractivity contribution is 7.99. The van der Waals surface area contributed by atoms with Gasteiger partial charge in [0.15, 0.2) is 0 Å². The number of carbonyl (C=O) groups excluding carboxylic acids is 1. The van der Waals surface area contributed by atoms with Crippen LogP contribution in [0.3, 0.4) is 0 Å². The monoisotopic (exact) mass is 296 g/mol. The molecule has 2 N–H and O–H groups in total. The second kappa shape index (κ2) is 8.98. The van der Waals surface area contributed by atoms with Crippen molar-refractivity contribution in [2.24, 2.45) is 0 Å². The summed E-state index contributed by atoms with van der Waals surface area (Å²) in [7, 11) is 0. The molecule has 5 nitrogen and oxygen atoms in total. The molecule has 2 heterocycles. The molecule has 2 aliphatic rings. The standard InChI is InChI=1S/C11H20N2O3S.ClH/c14-11(5-9-8-17-4-1-12-9)13-6-10-7-15-2-3-16-10;/h9-10,12H,1-8H2,(H,13,14);1H. The van der Waals surface area contributed by atoms with Crippen LogP contribution in [-0.2, 0) is 14.3 Å². The molecule has 7 heteroatoms. The van der Waals surface area contributed by atoms with Crippen molar-refractivity contribution in [2.45, 2.75) is 18.6 Å². The van der Waals surface area contributed by atoms with Crippen LogP contribution in [0.25, 0.3) is 0 Å². The molecule has 0 aromatic heterocycles. The molecule has 1 amide bonds. The summed E-state index contributed by atoms with van der Waals surface area (Å²) in [6, 6.07) is 0.317. The highest BCUT2D eigenvalue weighted by atomic mass is 35.5. The Bertz CT molecular complexity index is 246.